The molecule has 2 aromatic rings. The van der Waals surface area contributed by atoms with Gasteiger partial charge in [0.25, 0.3) is 0 Å². The van der Waals surface area contributed by atoms with Crippen molar-refractivity contribution in [3.05, 3.63) is 38.6 Å². The maximum atomic E-state index is 9.68. The molecule has 1 aromatic heterocycles. The normalized spacial score (nSPS) is 14.2. The number of rotatable bonds is 1. The molecule has 1 aromatic carbocycles. The van der Waals surface area contributed by atoms with Crippen molar-refractivity contribution in [2.24, 2.45) is 0 Å². The van der Waals surface area contributed by atoms with Gasteiger partial charge in [-0.1, -0.05) is 17.7 Å². The van der Waals surface area contributed by atoms with Crippen molar-refractivity contribution < 1.29 is 9.68 Å². The van der Waals surface area contributed by atoms with Crippen molar-refractivity contribution in [1.82, 2.24) is 0 Å². The smallest absolute Gasteiger partial charge is 0.423 e. The fraction of sp³-hybridized carbons (Fsp3) is 0.0909. The summed E-state index contributed by atoms with van der Waals surface area (Å²) in [6.07, 6.45) is 0. The van der Waals surface area contributed by atoms with E-state index in [-0.39, 0.29) is 0 Å². The van der Waals surface area contributed by atoms with E-state index in [0.717, 1.165) is 25.9 Å². The standard InChI is InChI=1S/C11H7BBrClO2S/c13-7-2-11(17-5-7)8-3-9-6(1-10(8)14)4-16-12(9)15/h1-3,5,15H,4H2. The molecule has 1 aliphatic rings. The fourth-order valence-corrected chi connectivity index (χ4v) is 3.69. The second kappa shape index (κ2) is 4.41. The van der Waals surface area contributed by atoms with Gasteiger partial charge < -0.3 is 9.68 Å². The van der Waals surface area contributed by atoms with Gasteiger partial charge in [0.2, 0.25) is 0 Å². The monoisotopic (exact) mass is 328 g/mol. The molecule has 0 spiro atoms. The second-order valence-corrected chi connectivity index (χ2v) is 6.06. The van der Waals surface area contributed by atoms with Gasteiger partial charge in [-0.3, -0.25) is 0 Å². The number of halogens is 2. The van der Waals surface area contributed by atoms with Crippen molar-refractivity contribution in [3.63, 3.8) is 0 Å². The number of fused-ring (bicyclic) bond motifs is 1. The highest BCUT2D eigenvalue weighted by Crippen LogP contribution is 2.35. The molecular weight excluding hydrogens is 322 g/mol. The van der Waals surface area contributed by atoms with Gasteiger partial charge in [0, 0.05) is 25.3 Å². The molecule has 3 rings (SSSR count). The van der Waals surface area contributed by atoms with Crippen LogP contribution in [0.15, 0.2) is 28.1 Å². The largest absolute Gasteiger partial charge is 0.491 e. The van der Waals surface area contributed by atoms with Crippen molar-refractivity contribution in [2.45, 2.75) is 6.61 Å². The first-order valence-corrected chi connectivity index (χ1v) is 7.06. The van der Waals surface area contributed by atoms with Gasteiger partial charge in [-0.25, -0.2) is 0 Å². The maximum absolute atomic E-state index is 9.68. The molecule has 1 N–H and O–H groups in total. The van der Waals surface area contributed by atoms with Gasteiger partial charge in [-0.15, -0.1) is 11.3 Å². The lowest BCUT2D eigenvalue weighted by atomic mass is 9.78. The van der Waals surface area contributed by atoms with Crippen LogP contribution in [0.3, 0.4) is 0 Å². The molecule has 0 atom stereocenters. The minimum atomic E-state index is -0.829. The Morgan fingerprint density at radius 1 is 1.41 bits per heavy atom. The quantitative estimate of drug-likeness (QED) is 0.815. The Hall–Kier alpha value is -0.325. The van der Waals surface area contributed by atoms with Crippen molar-refractivity contribution >= 4 is 51.4 Å². The summed E-state index contributed by atoms with van der Waals surface area (Å²) < 4.78 is 6.20. The Balaban J connectivity index is 2.15. The van der Waals surface area contributed by atoms with Gasteiger partial charge in [0.15, 0.2) is 0 Å². The van der Waals surface area contributed by atoms with Crippen LogP contribution in [0.4, 0.5) is 0 Å². The van der Waals surface area contributed by atoms with Crippen LogP contribution in [0, 0.1) is 0 Å². The second-order valence-electron chi connectivity index (χ2n) is 3.82. The Morgan fingerprint density at radius 2 is 2.24 bits per heavy atom. The van der Waals surface area contributed by atoms with Gasteiger partial charge in [-0.2, -0.15) is 0 Å². The number of benzene rings is 1. The van der Waals surface area contributed by atoms with E-state index in [9.17, 15) is 5.02 Å². The van der Waals surface area contributed by atoms with Gasteiger partial charge in [0.05, 0.1) is 6.61 Å². The van der Waals surface area contributed by atoms with Crippen LogP contribution < -0.4 is 5.46 Å². The highest BCUT2D eigenvalue weighted by Gasteiger charge is 2.28. The molecular formula is C11H7BBrClO2S. The molecule has 0 unspecified atom stereocenters. The molecule has 17 heavy (non-hydrogen) atoms. The summed E-state index contributed by atoms with van der Waals surface area (Å²) in [6.45, 7) is 0.421. The fourth-order valence-electron chi connectivity index (χ4n) is 1.89. The summed E-state index contributed by atoms with van der Waals surface area (Å²) in [7, 11) is -0.829. The molecule has 0 amide bonds. The first-order valence-electron chi connectivity index (χ1n) is 5.01. The van der Waals surface area contributed by atoms with Crippen LogP contribution >= 0.6 is 38.9 Å². The third kappa shape index (κ3) is 2.07. The minimum absolute atomic E-state index is 0.421. The third-order valence-corrected chi connectivity index (χ3v) is 4.76. The zero-order chi connectivity index (χ0) is 12.0. The molecule has 0 aliphatic carbocycles. The molecule has 0 fully saturated rings. The highest BCUT2D eigenvalue weighted by molar-refractivity contribution is 9.10. The minimum Gasteiger partial charge on any atom is -0.423 e. The van der Waals surface area contributed by atoms with Gasteiger partial charge in [-0.05, 0) is 39.1 Å². The summed E-state index contributed by atoms with van der Waals surface area (Å²) in [4.78, 5) is 1.07. The molecule has 0 saturated heterocycles. The Kier molecular flexibility index (Phi) is 3.05. The van der Waals surface area contributed by atoms with E-state index in [4.69, 9.17) is 16.3 Å². The van der Waals surface area contributed by atoms with Crippen molar-refractivity contribution in [2.75, 3.05) is 0 Å². The molecule has 0 bridgehead atoms. The summed E-state index contributed by atoms with van der Waals surface area (Å²) >= 11 is 11.3. The molecule has 0 saturated carbocycles. The van der Waals surface area contributed by atoms with E-state index in [0.29, 0.717) is 11.6 Å². The summed E-state index contributed by atoms with van der Waals surface area (Å²) in [5.41, 5.74) is 2.71. The Labute approximate surface area is 116 Å². The lowest BCUT2D eigenvalue weighted by Gasteiger charge is -2.05. The predicted molar refractivity (Wildman–Crippen MR) is 74.9 cm³/mol. The third-order valence-electron chi connectivity index (χ3n) is 2.72. The number of thiophene rings is 1. The van der Waals surface area contributed by atoms with Crippen LogP contribution in [0.5, 0.6) is 0 Å². The van der Waals surface area contributed by atoms with Crippen molar-refractivity contribution in [1.29, 1.82) is 0 Å². The Morgan fingerprint density at radius 3 is 2.94 bits per heavy atom. The van der Waals surface area contributed by atoms with E-state index in [1.165, 1.54) is 0 Å². The summed E-state index contributed by atoms with van der Waals surface area (Å²) in [5, 5.41) is 12.4. The summed E-state index contributed by atoms with van der Waals surface area (Å²) in [5.74, 6) is 0. The molecule has 1 aliphatic heterocycles. The lowest BCUT2D eigenvalue weighted by molar-refractivity contribution is 0.275. The lowest BCUT2D eigenvalue weighted by Crippen LogP contribution is -2.28. The first kappa shape index (κ1) is 11.7. The van der Waals surface area contributed by atoms with Gasteiger partial charge in [0.1, 0.15) is 0 Å². The number of hydrogen-bond acceptors (Lipinski definition) is 3. The molecule has 0 radical (unpaired) electrons. The van der Waals surface area contributed by atoms with E-state index < -0.39 is 7.12 Å². The molecule has 2 heterocycles. The van der Waals surface area contributed by atoms with Crippen LogP contribution in [0.2, 0.25) is 5.02 Å². The highest BCUT2D eigenvalue weighted by atomic mass is 79.9. The van der Waals surface area contributed by atoms with Crippen LogP contribution in [0.1, 0.15) is 5.56 Å². The zero-order valence-corrected chi connectivity index (χ0v) is 11.8. The van der Waals surface area contributed by atoms with Crippen LogP contribution in [0.25, 0.3) is 10.4 Å². The van der Waals surface area contributed by atoms with E-state index >= 15 is 0 Å². The maximum Gasteiger partial charge on any atom is 0.491 e. The summed E-state index contributed by atoms with van der Waals surface area (Å²) in [6, 6.07) is 5.80. The van der Waals surface area contributed by atoms with E-state index in [1.807, 2.05) is 23.6 Å². The molecule has 6 heteroatoms. The van der Waals surface area contributed by atoms with E-state index in [1.54, 1.807) is 11.3 Å². The first-order chi connectivity index (χ1) is 8.15. The predicted octanol–water partition coefficient (Wildman–Crippen LogP) is 3.05. The molecule has 2 nitrogen and oxygen atoms in total. The zero-order valence-electron chi connectivity index (χ0n) is 8.61. The van der Waals surface area contributed by atoms with Crippen LogP contribution in [-0.4, -0.2) is 12.1 Å². The van der Waals surface area contributed by atoms with Gasteiger partial charge >= 0.3 is 7.12 Å². The average molecular weight is 329 g/mol. The topological polar surface area (TPSA) is 29.5 Å². The Bertz CT molecular complexity index is 587. The molecule has 86 valence electrons. The average Bonchev–Trinajstić information content (AvgIpc) is 2.85. The van der Waals surface area contributed by atoms with Crippen molar-refractivity contribution in [3.8, 4) is 10.4 Å². The van der Waals surface area contributed by atoms with E-state index in [2.05, 4.69) is 15.9 Å². The van der Waals surface area contributed by atoms with Crippen LogP contribution in [-0.2, 0) is 11.3 Å². The SMILES string of the molecule is OB1OCc2cc(Cl)c(-c3cc(Br)cs3)cc21. The number of hydrogen-bond donors (Lipinski definition) is 1.